The highest BCUT2D eigenvalue weighted by Crippen LogP contribution is 2.15. The number of amides is 1. The van der Waals surface area contributed by atoms with Crippen LogP contribution in [-0.4, -0.2) is 15.5 Å². The Morgan fingerprint density at radius 3 is 2.73 bits per heavy atom. The predicted molar refractivity (Wildman–Crippen MR) is 87.2 cm³/mol. The highest BCUT2D eigenvalue weighted by molar-refractivity contribution is 6.30. The van der Waals surface area contributed by atoms with E-state index in [1.165, 1.54) is 0 Å². The largest absolute Gasteiger partial charge is 0.333 e. The number of nitrogens with zero attached hydrogens (tertiary/aromatic N) is 2. The molecule has 1 aromatic heterocycles. The zero-order valence-corrected chi connectivity index (χ0v) is 12.5. The average Bonchev–Trinajstić information content (AvgIpc) is 3.01. The van der Waals surface area contributed by atoms with Crippen molar-refractivity contribution in [3.05, 3.63) is 83.4 Å². The Hall–Kier alpha value is -2.59. The lowest BCUT2D eigenvalue weighted by Crippen LogP contribution is -2.12. The Morgan fingerprint density at radius 1 is 1.18 bits per heavy atom. The number of imidazole rings is 1. The Bertz CT molecular complexity index is 767. The van der Waals surface area contributed by atoms with E-state index in [9.17, 15) is 4.79 Å². The molecule has 0 aliphatic rings. The molecule has 1 N–H and O–H groups in total. The van der Waals surface area contributed by atoms with Crippen LogP contribution in [0.15, 0.2) is 67.3 Å². The molecule has 0 bridgehead atoms. The number of hydrogen-bond acceptors (Lipinski definition) is 2. The monoisotopic (exact) mass is 311 g/mol. The Labute approximate surface area is 133 Å². The van der Waals surface area contributed by atoms with Gasteiger partial charge in [0, 0.05) is 35.2 Å². The van der Waals surface area contributed by atoms with E-state index in [1.54, 1.807) is 36.8 Å². The van der Waals surface area contributed by atoms with Crippen molar-refractivity contribution < 1.29 is 4.79 Å². The fourth-order valence-electron chi connectivity index (χ4n) is 2.14. The van der Waals surface area contributed by atoms with Crippen molar-refractivity contribution >= 4 is 23.2 Å². The molecule has 3 rings (SSSR count). The summed E-state index contributed by atoms with van der Waals surface area (Å²) < 4.78 is 1.97. The molecule has 0 saturated carbocycles. The number of carbonyl (C=O) groups is 1. The minimum Gasteiger partial charge on any atom is -0.333 e. The van der Waals surface area contributed by atoms with E-state index in [1.807, 2.05) is 35.0 Å². The molecule has 3 aromatic rings. The molecule has 1 amide bonds. The van der Waals surface area contributed by atoms with E-state index < -0.39 is 0 Å². The van der Waals surface area contributed by atoms with Crippen LogP contribution in [0.2, 0.25) is 5.02 Å². The molecule has 0 saturated heterocycles. The summed E-state index contributed by atoms with van der Waals surface area (Å²) in [6.45, 7) is 0.713. The molecular formula is C17H14ClN3O. The zero-order chi connectivity index (χ0) is 15.4. The fraction of sp³-hybridized carbons (Fsp3) is 0.0588. The van der Waals surface area contributed by atoms with E-state index >= 15 is 0 Å². The van der Waals surface area contributed by atoms with Crippen LogP contribution < -0.4 is 5.32 Å². The summed E-state index contributed by atoms with van der Waals surface area (Å²) >= 11 is 5.83. The molecule has 0 fully saturated rings. The van der Waals surface area contributed by atoms with Gasteiger partial charge in [-0.05, 0) is 42.0 Å². The van der Waals surface area contributed by atoms with Crippen molar-refractivity contribution in [3.63, 3.8) is 0 Å². The summed E-state index contributed by atoms with van der Waals surface area (Å²) in [6, 6.07) is 14.6. The van der Waals surface area contributed by atoms with E-state index in [2.05, 4.69) is 10.3 Å². The van der Waals surface area contributed by atoms with Crippen LogP contribution >= 0.6 is 11.6 Å². The van der Waals surface area contributed by atoms with Gasteiger partial charge in [0.2, 0.25) is 0 Å². The Morgan fingerprint density at radius 2 is 2.00 bits per heavy atom. The summed E-state index contributed by atoms with van der Waals surface area (Å²) in [5.41, 5.74) is 2.42. The maximum absolute atomic E-state index is 12.2. The quantitative estimate of drug-likeness (QED) is 0.796. The van der Waals surface area contributed by atoms with Crippen molar-refractivity contribution in [1.82, 2.24) is 9.55 Å². The number of nitrogens with one attached hydrogen (secondary N) is 1. The summed E-state index contributed by atoms with van der Waals surface area (Å²) in [6.07, 6.45) is 5.41. The van der Waals surface area contributed by atoms with Gasteiger partial charge < -0.3 is 9.88 Å². The van der Waals surface area contributed by atoms with Gasteiger partial charge >= 0.3 is 0 Å². The van der Waals surface area contributed by atoms with Gasteiger partial charge in [-0.15, -0.1) is 0 Å². The van der Waals surface area contributed by atoms with Crippen LogP contribution in [0.25, 0.3) is 0 Å². The van der Waals surface area contributed by atoms with Crippen molar-refractivity contribution in [3.8, 4) is 0 Å². The number of rotatable bonds is 4. The molecule has 110 valence electrons. The molecule has 0 atom stereocenters. The summed E-state index contributed by atoms with van der Waals surface area (Å²) in [5.74, 6) is -0.156. The first-order valence-electron chi connectivity index (χ1n) is 6.82. The normalized spacial score (nSPS) is 10.4. The number of benzene rings is 2. The third-order valence-electron chi connectivity index (χ3n) is 3.22. The average molecular weight is 312 g/mol. The van der Waals surface area contributed by atoms with E-state index in [-0.39, 0.29) is 5.91 Å². The molecule has 4 nitrogen and oxygen atoms in total. The van der Waals surface area contributed by atoms with Crippen LogP contribution in [0.4, 0.5) is 5.69 Å². The second kappa shape index (κ2) is 6.45. The van der Waals surface area contributed by atoms with Crippen molar-refractivity contribution in [2.24, 2.45) is 0 Å². The summed E-state index contributed by atoms with van der Waals surface area (Å²) in [7, 11) is 0. The number of aromatic nitrogens is 2. The Kier molecular flexibility index (Phi) is 4.21. The number of halogens is 1. The number of carbonyl (C=O) groups excluding carboxylic acids is 1. The zero-order valence-electron chi connectivity index (χ0n) is 11.7. The van der Waals surface area contributed by atoms with Crippen molar-refractivity contribution in [1.29, 1.82) is 0 Å². The van der Waals surface area contributed by atoms with Crippen LogP contribution in [0.3, 0.4) is 0 Å². The highest BCUT2D eigenvalue weighted by Gasteiger charge is 2.06. The standard InChI is InChI=1S/C17H14ClN3O/c18-15-6-4-14(5-7-15)17(22)20-16-3-1-2-13(10-16)11-21-9-8-19-12-21/h1-10,12H,11H2,(H,20,22). The fourth-order valence-corrected chi connectivity index (χ4v) is 2.27. The highest BCUT2D eigenvalue weighted by atomic mass is 35.5. The molecule has 0 radical (unpaired) electrons. The SMILES string of the molecule is O=C(Nc1cccc(Cn2ccnc2)c1)c1ccc(Cl)cc1. The van der Waals surface area contributed by atoms with Gasteiger partial charge in [-0.3, -0.25) is 4.79 Å². The first kappa shape index (κ1) is 14.4. The van der Waals surface area contributed by atoms with Gasteiger partial charge in [0.05, 0.1) is 6.33 Å². The molecule has 0 spiro atoms. The minimum atomic E-state index is -0.156. The molecule has 1 heterocycles. The molecule has 5 heteroatoms. The number of anilines is 1. The lowest BCUT2D eigenvalue weighted by atomic mass is 10.1. The van der Waals surface area contributed by atoms with Crippen molar-refractivity contribution in [2.75, 3.05) is 5.32 Å². The molecule has 2 aromatic carbocycles. The summed E-state index contributed by atoms with van der Waals surface area (Å²) in [4.78, 5) is 16.2. The predicted octanol–water partition coefficient (Wildman–Crippen LogP) is 3.84. The van der Waals surface area contributed by atoms with Gasteiger partial charge in [-0.2, -0.15) is 0 Å². The first-order valence-corrected chi connectivity index (χ1v) is 7.20. The van der Waals surface area contributed by atoms with Crippen molar-refractivity contribution in [2.45, 2.75) is 6.54 Å². The van der Waals surface area contributed by atoms with Gasteiger partial charge in [-0.25, -0.2) is 4.98 Å². The van der Waals surface area contributed by atoms with E-state index in [0.29, 0.717) is 17.1 Å². The molecular weight excluding hydrogens is 298 g/mol. The minimum absolute atomic E-state index is 0.156. The lowest BCUT2D eigenvalue weighted by molar-refractivity contribution is 0.102. The maximum Gasteiger partial charge on any atom is 0.255 e. The Balaban J connectivity index is 1.72. The molecule has 22 heavy (non-hydrogen) atoms. The molecule has 0 aliphatic heterocycles. The second-order valence-corrected chi connectivity index (χ2v) is 5.33. The van der Waals surface area contributed by atoms with Crippen LogP contribution in [-0.2, 0) is 6.54 Å². The third-order valence-corrected chi connectivity index (χ3v) is 3.47. The molecule has 0 aliphatic carbocycles. The smallest absolute Gasteiger partial charge is 0.255 e. The second-order valence-electron chi connectivity index (χ2n) is 4.90. The third kappa shape index (κ3) is 3.54. The van der Waals surface area contributed by atoms with Gasteiger partial charge in [0.1, 0.15) is 0 Å². The van der Waals surface area contributed by atoms with E-state index in [4.69, 9.17) is 11.6 Å². The van der Waals surface area contributed by atoms with Crippen LogP contribution in [0.5, 0.6) is 0 Å². The van der Waals surface area contributed by atoms with Gasteiger partial charge in [-0.1, -0.05) is 23.7 Å². The van der Waals surface area contributed by atoms with E-state index in [0.717, 1.165) is 11.3 Å². The van der Waals surface area contributed by atoms with Crippen LogP contribution in [0, 0.1) is 0 Å². The summed E-state index contributed by atoms with van der Waals surface area (Å²) in [5, 5.41) is 3.50. The first-order chi connectivity index (χ1) is 10.7. The molecule has 0 unspecified atom stereocenters. The van der Waals surface area contributed by atoms with Gasteiger partial charge in [0.15, 0.2) is 0 Å². The van der Waals surface area contributed by atoms with Crippen LogP contribution in [0.1, 0.15) is 15.9 Å². The lowest BCUT2D eigenvalue weighted by Gasteiger charge is -2.08. The van der Waals surface area contributed by atoms with Gasteiger partial charge in [0.25, 0.3) is 5.91 Å². The topological polar surface area (TPSA) is 46.9 Å². The number of hydrogen-bond donors (Lipinski definition) is 1. The maximum atomic E-state index is 12.2.